The number of hydrogen-bond acceptors (Lipinski definition) is 4. The van der Waals surface area contributed by atoms with Gasteiger partial charge in [-0.15, -0.1) is 0 Å². The van der Waals surface area contributed by atoms with Crippen LogP contribution in [-0.2, 0) is 4.79 Å². The maximum absolute atomic E-state index is 11.5. The van der Waals surface area contributed by atoms with E-state index in [-0.39, 0.29) is 11.9 Å². The van der Waals surface area contributed by atoms with E-state index in [0.717, 1.165) is 64.7 Å². The Balaban J connectivity index is 1.84. The molecule has 3 N–H and O–H groups in total. The second-order valence-electron chi connectivity index (χ2n) is 6.74. The molecule has 1 atom stereocenters. The lowest BCUT2D eigenvalue weighted by Gasteiger charge is -2.41. The van der Waals surface area contributed by atoms with Gasteiger partial charge in [0.15, 0.2) is 0 Å². The van der Waals surface area contributed by atoms with E-state index in [1.165, 1.54) is 0 Å². The Morgan fingerprint density at radius 1 is 1.19 bits per heavy atom. The van der Waals surface area contributed by atoms with E-state index in [2.05, 4.69) is 23.6 Å². The van der Waals surface area contributed by atoms with E-state index in [1.54, 1.807) is 0 Å². The Morgan fingerprint density at radius 3 is 2.33 bits per heavy atom. The minimum atomic E-state index is -0.545. The van der Waals surface area contributed by atoms with Gasteiger partial charge in [-0.05, 0) is 58.2 Å². The number of likely N-dealkylation sites (tertiary alicyclic amines) is 2. The molecule has 0 bridgehead atoms. The minimum absolute atomic E-state index is 0.0511. The van der Waals surface area contributed by atoms with Crippen molar-refractivity contribution in [3.8, 4) is 0 Å². The molecule has 1 amide bonds. The maximum Gasteiger partial charge on any atom is 0.234 e. The topological polar surface area (TPSA) is 69.8 Å². The molecule has 0 spiro atoms. The summed E-state index contributed by atoms with van der Waals surface area (Å²) in [5.74, 6) is -0.165. The van der Waals surface area contributed by atoms with Crippen molar-refractivity contribution in [1.29, 1.82) is 0 Å². The lowest BCUT2D eigenvalue weighted by atomic mass is 9.94. The molecule has 5 nitrogen and oxygen atoms in total. The Labute approximate surface area is 128 Å². The van der Waals surface area contributed by atoms with E-state index >= 15 is 0 Å². The molecule has 2 rings (SSSR count). The number of rotatable bonds is 6. The van der Waals surface area contributed by atoms with Gasteiger partial charge >= 0.3 is 0 Å². The smallest absolute Gasteiger partial charge is 0.234 e. The molecule has 2 fully saturated rings. The van der Waals surface area contributed by atoms with Crippen LogP contribution >= 0.6 is 0 Å². The van der Waals surface area contributed by atoms with Crippen LogP contribution in [0.1, 0.15) is 52.4 Å². The summed E-state index contributed by atoms with van der Waals surface area (Å²) in [5.41, 5.74) is 4.97. The lowest BCUT2D eigenvalue weighted by molar-refractivity contribution is -0.123. The molecule has 2 heterocycles. The van der Waals surface area contributed by atoms with Gasteiger partial charge in [-0.25, -0.2) is 0 Å². The summed E-state index contributed by atoms with van der Waals surface area (Å²) in [4.78, 5) is 16.2. The first-order chi connectivity index (χ1) is 9.99. The highest BCUT2D eigenvalue weighted by Crippen LogP contribution is 2.27. The van der Waals surface area contributed by atoms with Crippen molar-refractivity contribution in [3.63, 3.8) is 0 Å². The SMILES string of the molecule is CCC(O)(CC)CN1CCC(N2CCCC2C(N)=O)CC1. The Hall–Kier alpha value is -0.650. The molecule has 2 aliphatic rings. The largest absolute Gasteiger partial charge is 0.389 e. The predicted molar refractivity (Wildman–Crippen MR) is 83.9 cm³/mol. The standard InChI is InChI=1S/C16H31N3O2/c1-3-16(21,4-2)12-18-10-7-13(8-11-18)19-9-5-6-14(19)15(17)20/h13-14,21H,3-12H2,1-2H3,(H2,17,20). The molecule has 0 aromatic rings. The third kappa shape index (κ3) is 3.96. The van der Waals surface area contributed by atoms with Crippen molar-refractivity contribution in [2.45, 2.75) is 70.1 Å². The summed E-state index contributed by atoms with van der Waals surface area (Å²) in [6, 6.07) is 0.433. The molecule has 2 saturated heterocycles. The number of hydrogen-bond donors (Lipinski definition) is 2. The number of primary amides is 1. The number of carbonyl (C=O) groups is 1. The summed E-state index contributed by atoms with van der Waals surface area (Å²) in [5, 5.41) is 10.5. The van der Waals surface area contributed by atoms with E-state index < -0.39 is 5.60 Å². The van der Waals surface area contributed by atoms with Crippen molar-refractivity contribution in [1.82, 2.24) is 9.80 Å². The second-order valence-corrected chi connectivity index (χ2v) is 6.74. The Bertz CT molecular complexity index is 349. The highest BCUT2D eigenvalue weighted by molar-refractivity contribution is 5.80. The normalized spacial score (nSPS) is 26.3. The van der Waals surface area contributed by atoms with Crippen LogP contribution in [0.4, 0.5) is 0 Å². The molecular weight excluding hydrogens is 266 g/mol. The van der Waals surface area contributed by atoms with Gasteiger partial charge in [-0.1, -0.05) is 13.8 Å². The van der Waals surface area contributed by atoms with Crippen LogP contribution in [0.3, 0.4) is 0 Å². The maximum atomic E-state index is 11.5. The van der Waals surface area contributed by atoms with E-state index in [0.29, 0.717) is 6.04 Å². The number of piperidine rings is 1. The fourth-order valence-electron chi connectivity index (χ4n) is 3.83. The van der Waals surface area contributed by atoms with Gasteiger partial charge in [0.2, 0.25) is 5.91 Å². The van der Waals surface area contributed by atoms with E-state index in [4.69, 9.17) is 5.73 Å². The van der Waals surface area contributed by atoms with Crippen LogP contribution in [0, 0.1) is 0 Å². The van der Waals surface area contributed by atoms with Gasteiger partial charge in [0.25, 0.3) is 0 Å². The first kappa shape index (κ1) is 16.7. The zero-order valence-corrected chi connectivity index (χ0v) is 13.6. The van der Waals surface area contributed by atoms with Crippen molar-refractivity contribution in [3.05, 3.63) is 0 Å². The van der Waals surface area contributed by atoms with E-state index in [9.17, 15) is 9.90 Å². The number of carbonyl (C=O) groups excluding carboxylic acids is 1. The van der Waals surface area contributed by atoms with Gasteiger partial charge in [0.1, 0.15) is 0 Å². The summed E-state index contributed by atoms with van der Waals surface area (Å²) < 4.78 is 0. The average Bonchev–Trinajstić information content (AvgIpc) is 2.97. The Kier molecular flexibility index (Phi) is 5.63. The average molecular weight is 297 g/mol. The zero-order chi connectivity index (χ0) is 15.5. The summed E-state index contributed by atoms with van der Waals surface area (Å²) in [6.07, 6.45) is 5.76. The highest BCUT2D eigenvalue weighted by atomic mass is 16.3. The van der Waals surface area contributed by atoms with Crippen LogP contribution < -0.4 is 5.73 Å². The number of β-amino-alcohol motifs (C(OH)–C–C–N with tert-alkyl or cyclic N) is 1. The zero-order valence-electron chi connectivity index (χ0n) is 13.6. The monoisotopic (exact) mass is 297 g/mol. The number of aliphatic hydroxyl groups is 1. The second kappa shape index (κ2) is 7.07. The third-order valence-corrected chi connectivity index (χ3v) is 5.48. The van der Waals surface area contributed by atoms with Gasteiger partial charge in [0.05, 0.1) is 11.6 Å². The van der Waals surface area contributed by atoms with Gasteiger partial charge in [0, 0.05) is 12.6 Å². The summed E-state index contributed by atoms with van der Waals surface area (Å²) in [6.45, 7) is 7.90. The van der Waals surface area contributed by atoms with Gasteiger partial charge in [-0.3, -0.25) is 9.69 Å². The van der Waals surface area contributed by atoms with Crippen LogP contribution in [0.25, 0.3) is 0 Å². The molecule has 0 aromatic carbocycles. The Morgan fingerprint density at radius 2 is 1.81 bits per heavy atom. The number of nitrogens with two attached hydrogens (primary N) is 1. The van der Waals surface area contributed by atoms with E-state index in [1.807, 2.05) is 0 Å². The first-order valence-corrected chi connectivity index (χ1v) is 8.49. The van der Waals surface area contributed by atoms with Crippen molar-refractivity contribution < 1.29 is 9.90 Å². The van der Waals surface area contributed by atoms with Crippen molar-refractivity contribution in [2.75, 3.05) is 26.2 Å². The van der Waals surface area contributed by atoms with Gasteiger partial charge < -0.3 is 15.7 Å². The summed E-state index contributed by atoms with van der Waals surface area (Å²) in [7, 11) is 0. The number of amides is 1. The van der Waals surface area contributed by atoms with Crippen molar-refractivity contribution >= 4 is 5.91 Å². The quantitative estimate of drug-likeness (QED) is 0.766. The van der Waals surface area contributed by atoms with Crippen LogP contribution in [-0.4, -0.2) is 64.7 Å². The molecule has 21 heavy (non-hydrogen) atoms. The van der Waals surface area contributed by atoms with Gasteiger partial charge in [-0.2, -0.15) is 0 Å². The van der Waals surface area contributed by atoms with Crippen LogP contribution in [0.15, 0.2) is 0 Å². The third-order valence-electron chi connectivity index (χ3n) is 5.48. The highest BCUT2D eigenvalue weighted by Gasteiger charge is 2.36. The molecule has 0 saturated carbocycles. The molecule has 0 aromatic heterocycles. The molecule has 0 aliphatic carbocycles. The number of nitrogens with zero attached hydrogens (tertiary/aromatic N) is 2. The molecule has 122 valence electrons. The lowest BCUT2D eigenvalue weighted by Crippen LogP contribution is -2.52. The minimum Gasteiger partial charge on any atom is -0.389 e. The molecule has 0 radical (unpaired) electrons. The fourth-order valence-corrected chi connectivity index (χ4v) is 3.83. The van der Waals surface area contributed by atoms with Crippen molar-refractivity contribution in [2.24, 2.45) is 5.73 Å². The fraction of sp³-hybridized carbons (Fsp3) is 0.938. The molecular formula is C16H31N3O2. The predicted octanol–water partition coefficient (Wildman–Crippen LogP) is 0.952. The molecule has 1 unspecified atom stereocenters. The van der Waals surface area contributed by atoms with Crippen LogP contribution in [0.2, 0.25) is 0 Å². The first-order valence-electron chi connectivity index (χ1n) is 8.49. The molecule has 5 heteroatoms. The molecule has 2 aliphatic heterocycles. The van der Waals surface area contributed by atoms with Crippen LogP contribution in [0.5, 0.6) is 0 Å². The summed E-state index contributed by atoms with van der Waals surface area (Å²) >= 11 is 0.